The Labute approximate surface area is 375 Å². The second-order valence-corrected chi connectivity index (χ2v) is 16.3. The van der Waals surface area contributed by atoms with Gasteiger partial charge in [-0.25, -0.2) is 9.97 Å². The lowest BCUT2D eigenvalue weighted by atomic mass is 9.84. The number of aromatic nitrogens is 5. The number of pyridine rings is 2. The van der Waals surface area contributed by atoms with Gasteiger partial charge in [0.15, 0.2) is 11.6 Å². The minimum atomic E-state index is 0.329. The van der Waals surface area contributed by atoms with Gasteiger partial charge in [0.05, 0.1) is 11.4 Å². The van der Waals surface area contributed by atoms with Gasteiger partial charge in [-0.15, -0.1) is 10.2 Å². The van der Waals surface area contributed by atoms with E-state index < -0.39 is 0 Å². The normalized spacial score (nSPS) is 12.2. The fourth-order valence-electron chi connectivity index (χ4n) is 8.86. The van der Waals surface area contributed by atoms with Crippen molar-refractivity contribution >= 4 is 28.1 Å². The molecule has 64 heavy (non-hydrogen) atoms. The molecule has 0 saturated carbocycles. The number of hydrogen-bond donors (Lipinski definition) is 0. The Bertz CT molecular complexity index is 3040. The third-order valence-corrected chi connectivity index (χ3v) is 12.3. The SMILES string of the molecule is CCC(CC(C)c1ccc(N(c2cccc(-c3ccccc3)n2)c2cccc(-c3ccccc3)n2)cc1)c1ccc(-c2nnc(-c3cccc4ccccc34)n2-c2ccccc2)cc1. The number of nitrogens with zero attached hydrogens (tertiary/aromatic N) is 6. The van der Waals surface area contributed by atoms with Gasteiger partial charge in [-0.3, -0.25) is 9.47 Å². The van der Waals surface area contributed by atoms with Crippen molar-refractivity contribution in [3.8, 4) is 51.0 Å². The molecule has 3 heterocycles. The highest BCUT2D eigenvalue weighted by atomic mass is 15.3. The first-order valence-corrected chi connectivity index (χ1v) is 22.2. The van der Waals surface area contributed by atoms with E-state index >= 15 is 0 Å². The van der Waals surface area contributed by atoms with Gasteiger partial charge < -0.3 is 0 Å². The summed E-state index contributed by atoms with van der Waals surface area (Å²) in [6.45, 7) is 4.64. The molecule has 6 nitrogen and oxygen atoms in total. The highest BCUT2D eigenvalue weighted by Crippen LogP contribution is 2.39. The number of rotatable bonds is 13. The third-order valence-electron chi connectivity index (χ3n) is 12.3. The average molecular weight is 829 g/mol. The number of hydrogen-bond acceptors (Lipinski definition) is 5. The monoisotopic (exact) mass is 828 g/mol. The Kier molecular flexibility index (Phi) is 11.4. The number of para-hydroxylation sites is 1. The van der Waals surface area contributed by atoms with Crippen LogP contribution in [0.25, 0.3) is 61.8 Å². The Hall–Kier alpha value is -7.96. The first-order valence-electron chi connectivity index (χ1n) is 22.2. The summed E-state index contributed by atoms with van der Waals surface area (Å²) in [5.41, 5.74) is 10.7. The molecule has 2 atom stereocenters. The molecule has 0 spiro atoms. The fraction of sp³-hybridized carbons (Fsp3) is 0.103. The van der Waals surface area contributed by atoms with E-state index in [2.05, 4.69) is 199 Å². The molecule has 10 rings (SSSR count). The Morgan fingerprint density at radius 1 is 0.469 bits per heavy atom. The van der Waals surface area contributed by atoms with Crippen molar-refractivity contribution in [2.24, 2.45) is 0 Å². The van der Waals surface area contributed by atoms with Gasteiger partial charge in [-0.1, -0.05) is 184 Å². The average Bonchev–Trinajstić information content (AvgIpc) is 3.82. The zero-order chi connectivity index (χ0) is 43.2. The Morgan fingerprint density at radius 2 is 1.00 bits per heavy atom. The lowest BCUT2D eigenvalue weighted by Crippen LogP contribution is -2.14. The van der Waals surface area contributed by atoms with Crippen LogP contribution >= 0.6 is 0 Å². The molecule has 10 aromatic rings. The number of benzene rings is 7. The van der Waals surface area contributed by atoms with E-state index in [1.807, 2.05) is 42.5 Å². The summed E-state index contributed by atoms with van der Waals surface area (Å²) in [5.74, 6) is 3.97. The number of anilines is 3. The van der Waals surface area contributed by atoms with Gasteiger partial charge in [0.1, 0.15) is 11.6 Å². The minimum absolute atomic E-state index is 0.329. The summed E-state index contributed by atoms with van der Waals surface area (Å²) in [4.78, 5) is 12.5. The smallest absolute Gasteiger partial charge is 0.169 e. The second-order valence-electron chi connectivity index (χ2n) is 16.3. The minimum Gasteiger partial charge on any atom is -0.279 e. The summed E-state index contributed by atoms with van der Waals surface area (Å²) < 4.78 is 2.19. The van der Waals surface area contributed by atoms with Gasteiger partial charge in [0.25, 0.3) is 0 Å². The van der Waals surface area contributed by atoms with Crippen LogP contribution in [0.15, 0.2) is 218 Å². The molecule has 2 unspecified atom stereocenters. The summed E-state index contributed by atoms with van der Waals surface area (Å²) >= 11 is 0. The van der Waals surface area contributed by atoms with Gasteiger partial charge in [0.2, 0.25) is 0 Å². The van der Waals surface area contributed by atoms with Crippen molar-refractivity contribution < 1.29 is 0 Å². The molecular weight excluding hydrogens is 781 g/mol. The highest BCUT2D eigenvalue weighted by molar-refractivity contribution is 5.95. The van der Waals surface area contributed by atoms with Crippen molar-refractivity contribution in [3.05, 3.63) is 230 Å². The molecule has 0 radical (unpaired) electrons. The zero-order valence-corrected chi connectivity index (χ0v) is 36.0. The predicted octanol–water partition coefficient (Wildman–Crippen LogP) is 15.0. The Morgan fingerprint density at radius 3 is 1.62 bits per heavy atom. The van der Waals surface area contributed by atoms with Crippen LogP contribution in [0.3, 0.4) is 0 Å². The van der Waals surface area contributed by atoms with E-state index in [4.69, 9.17) is 20.2 Å². The first kappa shape index (κ1) is 40.1. The first-order chi connectivity index (χ1) is 31.6. The topological polar surface area (TPSA) is 59.7 Å². The van der Waals surface area contributed by atoms with Crippen LogP contribution in [-0.4, -0.2) is 24.7 Å². The standard InChI is InChI=1S/C58H48N6/c1-3-42(44-32-34-48(35-33-44)57-61-62-58(64(57)49-24-11-6-12-25-49)52-27-15-23-45-18-13-14-26-51(45)52)40-41(2)43-36-38-50(39-37-43)63(55-30-16-28-53(59-55)46-19-7-4-8-20-46)56-31-17-29-54(60-56)47-21-9-5-10-22-47/h4-39,41-42H,3,40H2,1-2H3. The maximum absolute atomic E-state index is 5.19. The second kappa shape index (κ2) is 18.2. The van der Waals surface area contributed by atoms with E-state index in [0.717, 1.165) is 86.5 Å². The molecule has 6 heteroatoms. The molecule has 0 N–H and O–H groups in total. The molecule has 0 saturated heterocycles. The number of fused-ring (bicyclic) bond motifs is 1. The van der Waals surface area contributed by atoms with E-state index in [1.54, 1.807) is 0 Å². The van der Waals surface area contributed by atoms with Crippen molar-refractivity contribution in [1.82, 2.24) is 24.7 Å². The fourth-order valence-corrected chi connectivity index (χ4v) is 8.86. The van der Waals surface area contributed by atoms with E-state index in [-0.39, 0.29) is 0 Å². The maximum atomic E-state index is 5.19. The van der Waals surface area contributed by atoms with Crippen LogP contribution in [0.5, 0.6) is 0 Å². The molecular formula is C58H48N6. The van der Waals surface area contributed by atoms with Crippen LogP contribution in [0.2, 0.25) is 0 Å². The van der Waals surface area contributed by atoms with Crippen LogP contribution in [-0.2, 0) is 0 Å². The summed E-state index contributed by atoms with van der Waals surface area (Å²) in [6, 6.07) is 76.3. The summed E-state index contributed by atoms with van der Waals surface area (Å²) in [6.07, 6.45) is 2.06. The van der Waals surface area contributed by atoms with Gasteiger partial charge >= 0.3 is 0 Å². The van der Waals surface area contributed by atoms with Crippen molar-refractivity contribution in [2.75, 3.05) is 4.90 Å². The molecule has 0 aliphatic heterocycles. The Balaban J connectivity index is 0.922. The molecule has 0 aliphatic rings. The zero-order valence-electron chi connectivity index (χ0n) is 36.0. The van der Waals surface area contributed by atoms with E-state index in [9.17, 15) is 0 Å². The van der Waals surface area contributed by atoms with Gasteiger partial charge in [-0.2, -0.15) is 0 Å². The molecule has 310 valence electrons. The quantitative estimate of drug-likeness (QED) is 0.116. The maximum Gasteiger partial charge on any atom is 0.169 e. The third kappa shape index (κ3) is 8.21. The highest BCUT2D eigenvalue weighted by Gasteiger charge is 2.22. The van der Waals surface area contributed by atoms with Crippen LogP contribution in [0.1, 0.15) is 49.7 Å². The van der Waals surface area contributed by atoms with Gasteiger partial charge in [-0.05, 0) is 95.1 Å². The van der Waals surface area contributed by atoms with Crippen molar-refractivity contribution in [1.29, 1.82) is 0 Å². The molecule has 0 aliphatic carbocycles. The lowest BCUT2D eigenvalue weighted by Gasteiger charge is -2.25. The molecule has 7 aromatic carbocycles. The molecule has 0 amide bonds. The molecule has 0 bridgehead atoms. The van der Waals surface area contributed by atoms with Gasteiger partial charge in [0, 0.05) is 33.6 Å². The van der Waals surface area contributed by atoms with Crippen molar-refractivity contribution in [2.45, 2.75) is 38.5 Å². The van der Waals surface area contributed by atoms with Crippen LogP contribution < -0.4 is 4.90 Å². The molecule has 3 aromatic heterocycles. The van der Waals surface area contributed by atoms with Crippen LogP contribution in [0, 0.1) is 0 Å². The van der Waals surface area contributed by atoms with E-state index in [1.165, 1.54) is 16.5 Å². The lowest BCUT2D eigenvalue weighted by molar-refractivity contribution is 0.544. The largest absolute Gasteiger partial charge is 0.279 e. The predicted molar refractivity (Wildman–Crippen MR) is 263 cm³/mol. The molecule has 0 fully saturated rings. The summed E-state index contributed by atoms with van der Waals surface area (Å²) in [7, 11) is 0. The van der Waals surface area contributed by atoms with E-state index in [0.29, 0.717) is 11.8 Å². The van der Waals surface area contributed by atoms with Crippen LogP contribution in [0.4, 0.5) is 17.3 Å². The summed E-state index contributed by atoms with van der Waals surface area (Å²) in [5, 5.41) is 12.0. The van der Waals surface area contributed by atoms with Crippen molar-refractivity contribution in [3.63, 3.8) is 0 Å².